The first-order valence-electron chi connectivity index (χ1n) is 7.11. The van der Waals surface area contributed by atoms with Crippen LogP contribution in [-0.4, -0.2) is 12.6 Å². The molecule has 102 valence electrons. The molecule has 1 aliphatic rings. The molecule has 1 aromatic carbocycles. The SMILES string of the molecule is O=C(NC=C1CCCC1)NCCCc1ccccc1. The summed E-state index contributed by atoms with van der Waals surface area (Å²) in [6.45, 7) is 0.712. The highest BCUT2D eigenvalue weighted by Gasteiger charge is 2.06. The number of carbonyl (C=O) groups is 1. The molecule has 0 aliphatic heterocycles. The first-order chi connectivity index (χ1) is 9.34. The third kappa shape index (κ3) is 5.16. The summed E-state index contributed by atoms with van der Waals surface area (Å²) in [5, 5.41) is 5.69. The Balaban J connectivity index is 1.58. The molecule has 2 rings (SSSR count). The number of hydrogen-bond donors (Lipinski definition) is 2. The lowest BCUT2D eigenvalue weighted by atomic mass is 10.1. The van der Waals surface area contributed by atoms with Crippen molar-refractivity contribution in [1.82, 2.24) is 10.6 Å². The van der Waals surface area contributed by atoms with Crippen molar-refractivity contribution in [2.75, 3.05) is 6.54 Å². The molecule has 1 aromatic rings. The molecule has 0 spiro atoms. The van der Waals surface area contributed by atoms with Crippen molar-refractivity contribution >= 4 is 6.03 Å². The molecule has 0 atom stereocenters. The van der Waals surface area contributed by atoms with Gasteiger partial charge in [0.05, 0.1) is 0 Å². The lowest BCUT2D eigenvalue weighted by Gasteiger charge is -2.05. The quantitative estimate of drug-likeness (QED) is 0.781. The summed E-state index contributed by atoms with van der Waals surface area (Å²) in [5.74, 6) is 0. The van der Waals surface area contributed by atoms with Gasteiger partial charge < -0.3 is 10.6 Å². The van der Waals surface area contributed by atoms with E-state index in [2.05, 4.69) is 22.8 Å². The first kappa shape index (κ1) is 13.7. The monoisotopic (exact) mass is 258 g/mol. The van der Waals surface area contributed by atoms with Gasteiger partial charge in [0.15, 0.2) is 0 Å². The highest BCUT2D eigenvalue weighted by molar-refractivity contribution is 5.74. The second-order valence-electron chi connectivity index (χ2n) is 5.00. The van der Waals surface area contributed by atoms with Crippen molar-refractivity contribution < 1.29 is 4.79 Å². The minimum absolute atomic E-state index is 0.0903. The number of hydrogen-bond acceptors (Lipinski definition) is 1. The lowest BCUT2D eigenvalue weighted by molar-refractivity contribution is 0.244. The summed E-state index contributed by atoms with van der Waals surface area (Å²) in [5.41, 5.74) is 2.68. The van der Waals surface area contributed by atoms with Gasteiger partial charge in [-0.05, 0) is 44.1 Å². The van der Waals surface area contributed by atoms with Crippen LogP contribution in [0.2, 0.25) is 0 Å². The first-order valence-corrected chi connectivity index (χ1v) is 7.11. The van der Waals surface area contributed by atoms with Gasteiger partial charge in [-0.15, -0.1) is 0 Å². The Labute approximate surface area is 115 Å². The van der Waals surface area contributed by atoms with Gasteiger partial charge in [0.1, 0.15) is 0 Å². The van der Waals surface area contributed by atoms with Crippen LogP contribution in [-0.2, 0) is 6.42 Å². The molecule has 2 amide bonds. The molecule has 1 fully saturated rings. The van der Waals surface area contributed by atoms with Crippen LogP contribution in [0, 0.1) is 0 Å². The number of amides is 2. The Morgan fingerprint density at radius 1 is 1.16 bits per heavy atom. The van der Waals surface area contributed by atoms with Crippen LogP contribution >= 0.6 is 0 Å². The van der Waals surface area contributed by atoms with Gasteiger partial charge in [-0.25, -0.2) is 4.79 Å². The zero-order valence-electron chi connectivity index (χ0n) is 11.3. The second-order valence-corrected chi connectivity index (χ2v) is 5.00. The van der Waals surface area contributed by atoms with E-state index >= 15 is 0 Å². The Hall–Kier alpha value is -1.77. The van der Waals surface area contributed by atoms with Gasteiger partial charge in [-0.3, -0.25) is 0 Å². The zero-order valence-corrected chi connectivity index (χ0v) is 11.3. The average Bonchev–Trinajstić information content (AvgIpc) is 2.96. The molecule has 2 N–H and O–H groups in total. The molecular formula is C16H22N2O. The van der Waals surface area contributed by atoms with E-state index in [9.17, 15) is 4.79 Å². The average molecular weight is 258 g/mol. The van der Waals surface area contributed by atoms with Crippen molar-refractivity contribution in [2.24, 2.45) is 0 Å². The van der Waals surface area contributed by atoms with Crippen molar-refractivity contribution in [3.05, 3.63) is 47.7 Å². The van der Waals surface area contributed by atoms with Gasteiger partial charge >= 0.3 is 6.03 Å². The maximum Gasteiger partial charge on any atom is 0.318 e. The molecule has 3 heteroatoms. The maximum atomic E-state index is 11.5. The summed E-state index contributed by atoms with van der Waals surface area (Å²) in [6, 6.07) is 10.3. The van der Waals surface area contributed by atoms with Crippen LogP contribution in [0.1, 0.15) is 37.7 Å². The van der Waals surface area contributed by atoms with Crippen LogP contribution in [0.3, 0.4) is 0 Å². The summed E-state index contributed by atoms with van der Waals surface area (Å²) in [4.78, 5) is 11.5. The predicted molar refractivity (Wildman–Crippen MR) is 77.8 cm³/mol. The number of allylic oxidation sites excluding steroid dienone is 1. The molecule has 1 aliphatic carbocycles. The number of rotatable bonds is 5. The molecule has 0 saturated heterocycles. The maximum absolute atomic E-state index is 11.5. The van der Waals surface area contributed by atoms with Gasteiger partial charge in [-0.1, -0.05) is 35.9 Å². The van der Waals surface area contributed by atoms with Crippen molar-refractivity contribution in [3.63, 3.8) is 0 Å². The number of aryl methyl sites for hydroxylation is 1. The van der Waals surface area contributed by atoms with Crippen LogP contribution < -0.4 is 10.6 Å². The summed E-state index contributed by atoms with van der Waals surface area (Å²) < 4.78 is 0. The molecule has 1 saturated carbocycles. The molecule has 0 bridgehead atoms. The standard InChI is InChI=1S/C16H22N2O/c19-16(18-13-15-9-4-5-10-15)17-12-6-11-14-7-2-1-3-8-14/h1-3,7-8,13H,4-6,9-12H2,(H2,17,18,19). The van der Waals surface area contributed by atoms with Gasteiger partial charge in [0.2, 0.25) is 0 Å². The normalized spacial score (nSPS) is 14.2. The fourth-order valence-corrected chi connectivity index (χ4v) is 2.33. The zero-order chi connectivity index (χ0) is 13.3. The molecule has 0 unspecified atom stereocenters. The number of urea groups is 1. The van der Waals surface area contributed by atoms with E-state index in [-0.39, 0.29) is 6.03 Å². The van der Waals surface area contributed by atoms with Crippen LogP contribution in [0.4, 0.5) is 4.79 Å². The fraction of sp³-hybridized carbons (Fsp3) is 0.438. The van der Waals surface area contributed by atoms with E-state index in [1.165, 1.54) is 24.0 Å². The lowest BCUT2D eigenvalue weighted by Crippen LogP contribution is -2.33. The largest absolute Gasteiger partial charge is 0.338 e. The Bertz CT molecular complexity index is 418. The minimum Gasteiger partial charge on any atom is -0.338 e. The van der Waals surface area contributed by atoms with E-state index in [0.29, 0.717) is 6.54 Å². The molecule has 3 nitrogen and oxygen atoms in total. The van der Waals surface area contributed by atoms with Crippen LogP contribution in [0.25, 0.3) is 0 Å². The molecule has 0 heterocycles. The smallest absolute Gasteiger partial charge is 0.318 e. The van der Waals surface area contributed by atoms with Crippen molar-refractivity contribution in [2.45, 2.75) is 38.5 Å². The van der Waals surface area contributed by atoms with E-state index < -0.39 is 0 Å². The Kier molecular flexibility index (Phi) is 5.48. The molecule has 0 aromatic heterocycles. The van der Waals surface area contributed by atoms with Gasteiger partial charge in [-0.2, -0.15) is 0 Å². The van der Waals surface area contributed by atoms with E-state index in [1.54, 1.807) is 0 Å². The van der Waals surface area contributed by atoms with Crippen molar-refractivity contribution in [3.8, 4) is 0 Å². The predicted octanol–water partition coefficient (Wildman–Crippen LogP) is 3.38. The number of nitrogens with one attached hydrogen (secondary N) is 2. The summed E-state index contributed by atoms with van der Waals surface area (Å²) >= 11 is 0. The Morgan fingerprint density at radius 3 is 2.63 bits per heavy atom. The minimum atomic E-state index is -0.0903. The third-order valence-electron chi connectivity index (χ3n) is 3.42. The van der Waals surface area contributed by atoms with Crippen LogP contribution in [0.15, 0.2) is 42.1 Å². The van der Waals surface area contributed by atoms with Crippen LogP contribution in [0.5, 0.6) is 0 Å². The van der Waals surface area contributed by atoms with Crippen molar-refractivity contribution in [1.29, 1.82) is 0 Å². The molecular weight excluding hydrogens is 236 g/mol. The third-order valence-corrected chi connectivity index (χ3v) is 3.42. The highest BCUT2D eigenvalue weighted by Crippen LogP contribution is 2.22. The fourth-order valence-electron chi connectivity index (χ4n) is 2.33. The van der Waals surface area contributed by atoms with E-state index in [4.69, 9.17) is 0 Å². The van der Waals surface area contributed by atoms with E-state index in [0.717, 1.165) is 25.7 Å². The van der Waals surface area contributed by atoms with Gasteiger partial charge in [0.25, 0.3) is 0 Å². The molecule has 19 heavy (non-hydrogen) atoms. The number of benzene rings is 1. The highest BCUT2D eigenvalue weighted by atomic mass is 16.2. The summed E-state index contributed by atoms with van der Waals surface area (Å²) in [6.07, 6.45) is 8.62. The summed E-state index contributed by atoms with van der Waals surface area (Å²) in [7, 11) is 0. The molecule has 0 radical (unpaired) electrons. The topological polar surface area (TPSA) is 41.1 Å². The van der Waals surface area contributed by atoms with Gasteiger partial charge in [0, 0.05) is 12.7 Å². The second kappa shape index (κ2) is 7.62. The Morgan fingerprint density at radius 2 is 1.89 bits per heavy atom. The van der Waals surface area contributed by atoms with E-state index in [1.807, 2.05) is 24.4 Å². The number of carbonyl (C=O) groups excluding carboxylic acids is 1.